The van der Waals surface area contributed by atoms with Crippen molar-refractivity contribution in [2.75, 3.05) is 0 Å². The van der Waals surface area contributed by atoms with E-state index in [0.29, 0.717) is 10.8 Å². The van der Waals surface area contributed by atoms with Crippen molar-refractivity contribution in [3.8, 4) is 0 Å². The smallest absolute Gasteiger partial charge is 0.240 e. The van der Waals surface area contributed by atoms with Crippen LogP contribution in [-0.2, 0) is 17.2 Å². The van der Waals surface area contributed by atoms with E-state index >= 15 is 0 Å². The van der Waals surface area contributed by atoms with Gasteiger partial charge in [-0.25, -0.2) is 4.98 Å². The lowest BCUT2D eigenvalue weighted by Crippen LogP contribution is -2.42. The van der Waals surface area contributed by atoms with Gasteiger partial charge in [0.15, 0.2) is 0 Å². The molecule has 0 aliphatic heterocycles. The number of hydrogen-bond acceptors (Lipinski definition) is 2. The van der Waals surface area contributed by atoms with Gasteiger partial charge in [-0.1, -0.05) is 17.7 Å². The maximum atomic E-state index is 12.1. The fraction of sp³-hybridized carbons (Fsp3) is 0.429. The summed E-state index contributed by atoms with van der Waals surface area (Å²) < 4.78 is 1.77. The zero-order valence-electron chi connectivity index (χ0n) is 11.7. The molecule has 2 rings (SSSR count). The van der Waals surface area contributed by atoms with Gasteiger partial charge in [-0.05, 0) is 32.9 Å². The van der Waals surface area contributed by atoms with Gasteiger partial charge >= 0.3 is 0 Å². The SMILES string of the molecule is CC(C)(C)NC(=O)Cn1c(CCl)nc2cccc(Cl)c21. The maximum absolute atomic E-state index is 12.1. The third kappa shape index (κ3) is 3.25. The van der Waals surface area contributed by atoms with Gasteiger partial charge in [0.05, 0.1) is 21.9 Å². The molecular formula is C14H17Cl2N3O. The Morgan fingerprint density at radius 3 is 2.70 bits per heavy atom. The number of hydrogen-bond donors (Lipinski definition) is 1. The summed E-state index contributed by atoms with van der Waals surface area (Å²) in [5.41, 5.74) is 1.21. The number of nitrogens with zero attached hydrogens (tertiary/aromatic N) is 2. The lowest BCUT2D eigenvalue weighted by Gasteiger charge is -2.21. The van der Waals surface area contributed by atoms with Gasteiger partial charge < -0.3 is 9.88 Å². The molecule has 0 fully saturated rings. The number of fused-ring (bicyclic) bond motifs is 1. The van der Waals surface area contributed by atoms with Crippen LogP contribution in [0.15, 0.2) is 18.2 Å². The molecule has 0 bridgehead atoms. The first-order chi connectivity index (χ1) is 9.31. The zero-order chi connectivity index (χ0) is 14.9. The van der Waals surface area contributed by atoms with E-state index in [-0.39, 0.29) is 23.9 Å². The van der Waals surface area contributed by atoms with E-state index in [0.717, 1.165) is 11.0 Å². The third-order valence-corrected chi connectivity index (χ3v) is 3.28. The molecule has 20 heavy (non-hydrogen) atoms. The Morgan fingerprint density at radius 1 is 1.40 bits per heavy atom. The molecule has 1 N–H and O–H groups in total. The topological polar surface area (TPSA) is 46.9 Å². The monoisotopic (exact) mass is 313 g/mol. The Morgan fingerprint density at radius 2 is 2.10 bits per heavy atom. The number of amides is 1. The molecule has 108 valence electrons. The highest BCUT2D eigenvalue weighted by Gasteiger charge is 2.18. The Bertz CT molecular complexity index is 644. The fourth-order valence-electron chi connectivity index (χ4n) is 2.06. The molecule has 1 amide bonds. The van der Waals surface area contributed by atoms with Crippen LogP contribution in [0, 0.1) is 0 Å². The van der Waals surface area contributed by atoms with Gasteiger partial charge in [-0.2, -0.15) is 0 Å². The van der Waals surface area contributed by atoms with Gasteiger partial charge in [-0.15, -0.1) is 11.6 Å². The Balaban J connectivity index is 2.40. The summed E-state index contributed by atoms with van der Waals surface area (Å²) in [5.74, 6) is 0.773. The summed E-state index contributed by atoms with van der Waals surface area (Å²) in [7, 11) is 0. The number of nitrogens with one attached hydrogen (secondary N) is 1. The highest BCUT2D eigenvalue weighted by molar-refractivity contribution is 6.35. The molecule has 0 saturated heterocycles. The number of halogens is 2. The van der Waals surface area contributed by atoms with Crippen molar-refractivity contribution in [1.29, 1.82) is 0 Å². The Kier molecular flexibility index (Phi) is 4.25. The number of carbonyl (C=O) groups is 1. The normalized spacial score (nSPS) is 11.8. The molecule has 0 atom stereocenters. The molecule has 0 unspecified atom stereocenters. The second kappa shape index (κ2) is 5.62. The average Bonchev–Trinajstić information content (AvgIpc) is 2.66. The van der Waals surface area contributed by atoms with Crippen LogP contribution < -0.4 is 5.32 Å². The minimum Gasteiger partial charge on any atom is -0.350 e. The Labute approximate surface area is 128 Å². The van der Waals surface area contributed by atoms with Crippen molar-refractivity contribution in [2.24, 2.45) is 0 Å². The number of aromatic nitrogens is 2. The minimum atomic E-state index is -0.279. The quantitative estimate of drug-likeness (QED) is 0.883. The van der Waals surface area contributed by atoms with Crippen molar-refractivity contribution in [3.05, 3.63) is 29.0 Å². The first-order valence-corrected chi connectivity index (χ1v) is 7.23. The van der Waals surface area contributed by atoms with Crippen LogP contribution in [-0.4, -0.2) is 21.0 Å². The second-order valence-corrected chi connectivity index (χ2v) is 6.33. The predicted octanol–water partition coefficient (Wildman–Crippen LogP) is 3.34. The summed E-state index contributed by atoms with van der Waals surface area (Å²) in [5, 5.41) is 3.48. The highest BCUT2D eigenvalue weighted by atomic mass is 35.5. The number of rotatable bonds is 3. The van der Waals surface area contributed by atoms with Crippen molar-refractivity contribution in [2.45, 2.75) is 38.7 Å². The first kappa shape index (κ1) is 15.1. The van der Waals surface area contributed by atoms with E-state index < -0.39 is 0 Å². The number of carbonyl (C=O) groups excluding carboxylic acids is 1. The van der Waals surface area contributed by atoms with E-state index in [4.69, 9.17) is 23.2 Å². The predicted molar refractivity (Wildman–Crippen MR) is 82.2 cm³/mol. The number of para-hydroxylation sites is 1. The van der Waals surface area contributed by atoms with Crippen LogP contribution in [0.25, 0.3) is 11.0 Å². The van der Waals surface area contributed by atoms with Gasteiger partial charge in [0.25, 0.3) is 0 Å². The molecule has 6 heteroatoms. The molecule has 1 aromatic carbocycles. The van der Waals surface area contributed by atoms with Gasteiger partial charge in [0.1, 0.15) is 12.4 Å². The molecule has 4 nitrogen and oxygen atoms in total. The van der Waals surface area contributed by atoms with Crippen LogP contribution in [0.3, 0.4) is 0 Å². The fourth-order valence-corrected chi connectivity index (χ4v) is 2.54. The van der Waals surface area contributed by atoms with Crippen LogP contribution >= 0.6 is 23.2 Å². The largest absolute Gasteiger partial charge is 0.350 e. The Hall–Kier alpha value is -1.26. The summed E-state index contributed by atoms with van der Waals surface area (Å²) in [6, 6.07) is 5.46. The van der Waals surface area contributed by atoms with E-state index in [1.54, 1.807) is 10.6 Å². The summed E-state index contributed by atoms with van der Waals surface area (Å²) in [4.78, 5) is 16.5. The number of benzene rings is 1. The van der Waals surface area contributed by atoms with Crippen LogP contribution in [0.4, 0.5) is 0 Å². The van der Waals surface area contributed by atoms with E-state index in [1.807, 2.05) is 32.9 Å². The summed E-state index contributed by atoms with van der Waals surface area (Å²) >= 11 is 12.1. The van der Waals surface area contributed by atoms with Crippen LogP contribution in [0.5, 0.6) is 0 Å². The average molecular weight is 314 g/mol. The molecule has 0 aliphatic carbocycles. The van der Waals surface area contributed by atoms with Gasteiger partial charge in [-0.3, -0.25) is 4.79 Å². The standard InChI is InChI=1S/C14H17Cl2N3O/c1-14(2,3)18-12(20)8-19-11(7-15)17-10-6-4-5-9(16)13(10)19/h4-6H,7-8H2,1-3H3,(H,18,20). The van der Waals surface area contributed by atoms with Crippen LogP contribution in [0.1, 0.15) is 26.6 Å². The number of alkyl halides is 1. The van der Waals surface area contributed by atoms with Crippen molar-refractivity contribution < 1.29 is 4.79 Å². The third-order valence-electron chi connectivity index (χ3n) is 2.73. The maximum Gasteiger partial charge on any atom is 0.240 e. The lowest BCUT2D eigenvalue weighted by atomic mass is 10.1. The highest BCUT2D eigenvalue weighted by Crippen LogP contribution is 2.25. The van der Waals surface area contributed by atoms with Crippen molar-refractivity contribution >= 4 is 40.1 Å². The van der Waals surface area contributed by atoms with Gasteiger partial charge in [0, 0.05) is 5.54 Å². The molecule has 0 spiro atoms. The second-order valence-electron chi connectivity index (χ2n) is 5.65. The molecule has 0 aliphatic rings. The van der Waals surface area contributed by atoms with Crippen molar-refractivity contribution in [1.82, 2.24) is 14.9 Å². The summed E-state index contributed by atoms with van der Waals surface area (Å²) in [6.45, 7) is 5.96. The minimum absolute atomic E-state index is 0.0944. The van der Waals surface area contributed by atoms with E-state index in [2.05, 4.69) is 10.3 Å². The molecule has 0 radical (unpaired) electrons. The molecule has 1 aromatic heterocycles. The summed E-state index contributed by atoms with van der Waals surface area (Å²) in [6.07, 6.45) is 0. The van der Waals surface area contributed by atoms with Crippen LogP contribution in [0.2, 0.25) is 5.02 Å². The molecule has 2 aromatic rings. The first-order valence-electron chi connectivity index (χ1n) is 6.32. The molecule has 1 heterocycles. The van der Waals surface area contributed by atoms with Gasteiger partial charge in [0.2, 0.25) is 5.91 Å². The van der Waals surface area contributed by atoms with E-state index in [1.165, 1.54) is 0 Å². The number of imidazole rings is 1. The van der Waals surface area contributed by atoms with E-state index in [9.17, 15) is 4.79 Å². The van der Waals surface area contributed by atoms with Crippen molar-refractivity contribution in [3.63, 3.8) is 0 Å². The molecular weight excluding hydrogens is 297 g/mol. The lowest BCUT2D eigenvalue weighted by molar-refractivity contribution is -0.123. The zero-order valence-corrected chi connectivity index (χ0v) is 13.2. The molecule has 0 saturated carbocycles.